The number of benzene rings is 1. The van der Waals surface area contributed by atoms with Crippen LogP contribution in [0.1, 0.15) is 12.8 Å². The van der Waals surface area contributed by atoms with Crippen LogP contribution in [-0.2, 0) is 4.74 Å². The molecule has 0 saturated carbocycles. The molecule has 0 bridgehead atoms. The zero-order valence-corrected chi connectivity index (χ0v) is 10.8. The summed E-state index contributed by atoms with van der Waals surface area (Å²) in [5.41, 5.74) is 6.68. The first-order valence-corrected chi connectivity index (χ1v) is 6.22. The third-order valence-electron chi connectivity index (χ3n) is 3.35. The third-order valence-corrected chi connectivity index (χ3v) is 3.35. The van der Waals surface area contributed by atoms with Crippen LogP contribution in [-0.4, -0.2) is 32.9 Å². The van der Waals surface area contributed by atoms with E-state index in [2.05, 4.69) is 9.64 Å². The second kappa shape index (κ2) is 6.06. The summed E-state index contributed by atoms with van der Waals surface area (Å²) in [6.07, 6.45) is 2.12. The summed E-state index contributed by atoms with van der Waals surface area (Å²) in [6, 6.07) is 4.98. The van der Waals surface area contributed by atoms with E-state index in [-0.39, 0.29) is 17.5 Å². The Morgan fingerprint density at radius 2 is 2.00 bits per heavy atom. The van der Waals surface area contributed by atoms with Crippen LogP contribution < -0.4 is 15.4 Å². The van der Waals surface area contributed by atoms with Gasteiger partial charge in [0.1, 0.15) is 0 Å². The lowest BCUT2D eigenvalue weighted by Gasteiger charge is -2.33. The minimum atomic E-state index is -2.86. The quantitative estimate of drug-likeness (QED) is 0.855. The lowest BCUT2D eigenvalue weighted by atomic mass is 10.1. The average Bonchev–Trinajstić information content (AvgIpc) is 2.41. The van der Waals surface area contributed by atoms with E-state index in [1.165, 1.54) is 0 Å². The van der Waals surface area contributed by atoms with Crippen LogP contribution in [0.15, 0.2) is 18.2 Å². The van der Waals surface area contributed by atoms with E-state index in [9.17, 15) is 8.78 Å². The predicted molar refractivity (Wildman–Crippen MR) is 69.7 cm³/mol. The predicted octanol–water partition coefficient (Wildman–Crippen LogP) is 2.49. The molecule has 1 aliphatic rings. The Morgan fingerprint density at radius 3 is 2.58 bits per heavy atom. The number of methoxy groups -OCH3 is 1. The van der Waals surface area contributed by atoms with Crippen LogP contribution in [0.2, 0.25) is 0 Å². The van der Waals surface area contributed by atoms with Crippen LogP contribution in [0, 0.1) is 0 Å². The zero-order chi connectivity index (χ0) is 13.8. The fourth-order valence-electron chi connectivity index (χ4n) is 2.27. The number of halogens is 2. The van der Waals surface area contributed by atoms with Crippen molar-refractivity contribution in [2.24, 2.45) is 0 Å². The van der Waals surface area contributed by atoms with Gasteiger partial charge in [0.15, 0.2) is 5.75 Å². The molecule has 1 aliphatic heterocycles. The molecule has 1 fully saturated rings. The van der Waals surface area contributed by atoms with Crippen molar-refractivity contribution < 1.29 is 18.3 Å². The summed E-state index contributed by atoms with van der Waals surface area (Å²) in [5, 5.41) is 0. The zero-order valence-electron chi connectivity index (χ0n) is 10.8. The van der Waals surface area contributed by atoms with Crippen molar-refractivity contribution in [3.05, 3.63) is 18.2 Å². The molecular weight excluding hydrogens is 254 g/mol. The van der Waals surface area contributed by atoms with Crippen LogP contribution in [0.5, 0.6) is 5.75 Å². The molecule has 4 nitrogen and oxygen atoms in total. The summed E-state index contributed by atoms with van der Waals surface area (Å²) in [7, 11) is 1.71. The molecule has 0 spiro atoms. The van der Waals surface area contributed by atoms with Crippen LogP contribution >= 0.6 is 0 Å². The molecule has 1 saturated heterocycles. The van der Waals surface area contributed by atoms with Gasteiger partial charge in [-0.15, -0.1) is 0 Å². The van der Waals surface area contributed by atoms with Gasteiger partial charge in [0.25, 0.3) is 0 Å². The molecule has 0 unspecified atom stereocenters. The minimum absolute atomic E-state index is 0.0290. The summed E-state index contributed by atoms with van der Waals surface area (Å²) < 4.78 is 34.2. The monoisotopic (exact) mass is 272 g/mol. The van der Waals surface area contributed by atoms with Crippen molar-refractivity contribution in [3.63, 3.8) is 0 Å². The highest BCUT2D eigenvalue weighted by atomic mass is 19.3. The van der Waals surface area contributed by atoms with E-state index in [1.807, 2.05) is 6.07 Å². The number of hydrogen-bond donors (Lipinski definition) is 1. The van der Waals surface area contributed by atoms with E-state index < -0.39 is 6.61 Å². The highest BCUT2D eigenvalue weighted by molar-refractivity contribution is 5.62. The van der Waals surface area contributed by atoms with Crippen LogP contribution in [0.25, 0.3) is 0 Å². The maximum absolute atomic E-state index is 12.3. The molecule has 1 aromatic rings. The van der Waals surface area contributed by atoms with E-state index in [4.69, 9.17) is 10.5 Å². The van der Waals surface area contributed by atoms with E-state index >= 15 is 0 Å². The maximum atomic E-state index is 12.3. The van der Waals surface area contributed by atoms with Gasteiger partial charge in [-0.25, -0.2) is 0 Å². The van der Waals surface area contributed by atoms with Crippen LogP contribution in [0.3, 0.4) is 0 Å². The standard InChI is InChI=1S/C13H18F2N2O2/c1-18-10-4-6-17(7-5-10)9-2-3-11(16)12(8-9)19-13(14)15/h2-3,8,10,13H,4-7,16H2,1H3. The lowest BCUT2D eigenvalue weighted by Crippen LogP contribution is -2.36. The van der Waals surface area contributed by atoms with E-state index in [1.54, 1.807) is 19.2 Å². The first-order valence-electron chi connectivity index (χ1n) is 6.22. The van der Waals surface area contributed by atoms with Crippen molar-refractivity contribution in [2.75, 3.05) is 30.8 Å². The van der Waals surface area contributed by atoms with Gasteiger partial charge < -0.3 is 20.1 Å². The Hall–Kier alpha value is -1.56. The molecule has 0 amide bonds. The van der Waals surface area contributed by atoms with Gasteiger partial charge in [-0.05, 0) is 25.0 Å². The lowest BCUT2D eigenvalue weighted by molar-refractivity contribution is -0.0493. The molecule has 2 N–H and O–H groups in total. The Kier molecular flexibility index (Phi) is 4.42. The van der Waals surface area contributed by atoms with Gasteiger partial charge in [-0.1, -0.05) is 0 Å². The average molecular weight is 272 g/mol. The summed E-state index contributed by atoms with van der Waals surface area (Å²) in [5.74, 6) is 0.0290. The Balaban J connectivity index is 2.08. The number of rotatable bonds is 4. The smallest absolute Gasteiger partial charge is 0.387 e. The van der Waals surface area contributed by atoms with E-state index in [0.717, 1.165) is 31.6 Å². The van der Waals surface area contributed by atoms with Gasteiger partial charge >= 0.3 is 6.61 Å². The number of anilines is 2. The van der Waals surface area contributed by atoms with Gasteiger partial charge in [0.2, 0.25) is 0 Å². The van der Waals surface area contributed by atoms with Crippen LogP contribution in [0.4, 0.5) is 20.2 Å². The fraction of sp³-hybridized carbons (Fsp3) is 0.538. The van der Waals surface area contributed by atoms with Crippen molar-refractivity contribution in [2.45, 2.75) is 25.6 Å². The largest absolute Gasteiger partial charge is 0.433 e. The van der Waals surface area contributed by atoms with Gasteiger partial charge in [-0.2, -0.15) is 8.78 Å². The van der Waals surface area contributed by atoms with E-state index in [0.29, 0.717) is 0 Å². The number of nitrogens with two attached hydrogens (primary N) is 1. The van der Waals surface area contributed by atoms with Crippen molar-refractivity contribution in [1.29, 1.82) is 0 Å². The minimum Gasteiger partial charge on any atom is -0.433 e. The Labute approximate surface area is 111 Å². The summed E-state index contributed by atoms with van der Waals surface area (Å²) >= 11 is 0. The Bertz CT molecular complexity index is 421. The van der Waals surface area contributed by atoms with Crippen molar-refractivity contribution in [3.8, 4) is 5.75 Å². The van der Waals surface area contributed by atoms with Crippen molar-refractivity contribution >= 4 is 11.4 Å². The number of hydrogen-bond acceptors (Lipinski definition) is 4. The highest BCUT2D eigenvalue weighted by Gasteiger charge is 2.20. The molecule has 6 heteroatoms. The molecule has 106 valence electrons. The Morgan fingerprint density at radius 1 is 1.32 bits per heavy atom. The topological polar surface area (TPSA) is 47.7 Å². The molecule has 0 aromatic heterocycles. The number of nitrogen functional groups attached to an aromatic ring is 1. The highest BCUT2D eigenvalue weighted by Crippen LogP contribution is 2.30. The summed E-state index contributed by atoms with van der Waals surface area (Å²) in [4.78, 5) is 2.12. The van der Waals surface area contributed by atoms with Gasteiger partial charge in [0, 0.05) is 32.0 Å². The normalized spacial score (nSPS) is 16.9. The molecule has 0 aliphatic carbocycles. The first-order chi connectivity index (χ1) is 9.10. The van der Waals surface area contributed by atoms with Gasteiger partial charge in [0.05, 0.1) is 11.8 Å². The second-order valence-corrected chi connectivity index (χ2v) is 4.52. The molecule has 0 radical (unpaired) electrons. The first kappa shape index (κ1) is 13.9. The number of ether oxygens (including phenoxy) is 2. The fourth-order valence-corrected chi connectivity index (χ4v) is 2.27. The van der Waals surface area contributed by atoms with Crippen molar-refractivity contribution in [1.82, 2.24) is 0 Å². The molecular formula is C13H18F2N2O2. The third kappa shape index (κ3) is 3.47. The van der Waals surface area contributed by atoms with Gasteiger partial charge in [-0.3, -0.25) is 0 Å². The maximum Gasteiger partial charge on any atom is 0.387 e. The summed E-state index contributed by atoms with van der Waals surface area (Å²) in [6.45, 7) is -1.20. The molecule has 19 heavy (non-hydrogen) atoms. The number of nitrogens with zero attached hydrogens (tertiary/aromatic N) is 1. The molecule has 2 rings (SSSR count). The molecule has 1 heterocycles. The SMILES string of the molecule is COC1CCN(c2ccc(N)c(OC(F)F)c2)CC1. The number of piperidine rings is 1. The number of alkyl halides is 2. The molecule has 0 atom stereocenters. The molecule has 1 aromatic carbocycles. The second-order valence-electron chi connectivity index (χ2n) is 4.52.